The largest absolute Gasteiger partial charge is 0.504 e. The van der Waals surface area contributed by atoms with Gasteiger partial charge in [-0.3, -0.25) is 4.68 Å². The van der Waals surface area contributed by atoms with Gasteiger partial charge in [0.05, 0.1) is 12.6 Å². The maximum atomic E-state index is 9.44. The second kappa shape index (κ2) is 2.65. The smallest absolute Gasteiger partial charge is 0.161 e. The number of ether oxygens (including phenoxy) is 1. The molecule has 0 amide bonds. The van der Waals surface area contributed by atoms with Crippen LogP contribution in [0.4, 0.5) is 0 Å². The summed E-state index contributed by atoms with van der Waals surface area (Å²) in [5.74, 6) is 0.592. The summed E-state index contributed by atoms with van der Waals surface area (Å²) in [6.07, 6.45) is 1.87. The molecule has 68 valence electrons. The molecule has 0 saturated carbocycles. The molecule has 0 spiro atoms. The highest BCUT2D eigenvalue weighted by atomic mass is 16.5. The summed E-state index contributed by atoms with van der Waals surface area (Å²) in [4.78, 5) is 0. The predicted octanol–water partition coefficient (Wildman–Crippen LogP) is 1.29. The average Bonchev–Trinajstić information content (AvgIpc) is 2.42. The van der Waals surface area contributed by atoms with E-state index in [0.717, 1.165) is 10.9 Å². The quantitative estimate of drug-likeness (QED) is 0.715. The Kier molecular flexibility index (Phi) is 1.62. The number of benzene rings is 1. The van der Waals surface area contributed by atoms with E-state index in [1.54, 1.807) is 16.8 Å². The van der Waals surface area contributed by atoms with Crippen LogP contribution in [-0.2, 0) is 7.05 Å². The lowest BCUT2D eigenvalue weighted by Gasteiger charge is -2.01. The molecular weight excluding hydrogens is 168 g/mol. The van der Waals surface area contributed by atoms with Gasteiger partial charge < -0.3 is 9.84 Å². The van der Waals surface area contributed by atoms with Crippen LogP contribution in [0.15, 0.2) is 18.3 Å². The molecule has 0 radical (unpaired) electrons. The molecule has 0 aliphatic carbocycles. The predicted molar refractivity (Wildman–Crippen MR) is 48.9 cm³/mol. The van der Waals surface area contributed by atoms with Gasteiger partial charge in [0, 0.05) is 24.7 Å². The molecule has 0 atom stereocenters. The van der Waals surface area contributed by atoms with Gasteiger partial charge >= 0.3 is 0 Å². The first kappa shape index (κ1) is 7.91. The Morgan fingerprint density at radius 1 is 1.46 bits per heavy atom. The highest BCUT2D eigenvalue weighted by molar-refractivity contribution is 5.82. The van der Waals surface area contributed by atoms with Crippen LogP contribution < -0.4 is 4.74 Å². The first-order valence-corrected chi connectivity index (χ1v) is 3.91. The third-order valence-electron chi connectivity index (χ3n) is 1.92. The SMILES string of the molecule is COc1cc2cn(C)nc2cc1O. The topological polar surface area (TPSA) is 47.3 Å². The Balaban J connectivity index is 2.72. The first-order chi connectivity index (χ1) is 6.20. The lowest BCUT2D eigenvalue weighted by molar-refractivity contribution is 0.374. The Labute approximate surface area is 75.4 Å². The highest BCUT2D eigenvalue weighted by Crippen LogP contribution is 2.29. The lowest BCUT2D eigenvalue weighted by atomic mass is 10.2. The molecule has 0 aliphatic heterocycles. The number of nitrogens with zero attached hydrogens (tertiary/aromatic N) is 2. The minimum absolute atomic E-state index is 0.119. The fraction of sp³-hybridized carbons (Fsp3) is 0.222. The van der Waals surface area contributed by atoms with Gasteiger partial charge in [-0.05, 0) is 6.07 Å². The van der Waals surface area contributed by atoms with Crippen LogP contribution in [-0.4, -0.2) is 22.0 Å². The molecule has 4 heteroatoms. The van der Waals surface area contributed by atoms with Crippen molar-refractivity contribution in [2.75, 3.05) is 7.11 Å². The fourth-order valence-corrected chi connectivity index (χ4v) is 1.33. The lowest BCUT2D eigenvalue weighted by Crippen LogP contribution is -1.85. The number of aromatic nitrogens is 2. The summed E-state index contributed by atoms with van der Waals surface area (Å²) in [7, 11) is 3.36. The van der Waals surface area contributed by atoms with Crippen LogP contribution in [0.5, 0.6) is 11.5 Å². The van der Waals surface area contributed by atoms with Gasteiger partial charge in [-0.1, -0.05) is 0 Å². The van der Waals surface area contributed by atoms with Crippen molar-refractivity contribution < 1.29 is 9.84 Å². The second-order valence-corrected chi connectivity index (χ2v) is 2.89. The van der Waals surface area contributed by atoms with Crippen molar-refractivity contribution in [2.45, 2.75) is 0 Å². The molecule has 1 aromatic heterocycles. The number of rotatable bonds is 1. The number of aromatic hydroxyl groups is 1. The van der Waals surface area contributed by atoms with Crippen LogP contribution in [0.25, 0.3) is 10.9 Å². The molecule has 0 fully saturated rings. The molecule has 1 aromatic carbocycles. The molecule has 2 rings (SSSR count). The van der Waals surface area contributed by atoms with Crippen LogP contribution in [0.3, 0.4) is 0 Å². The second-order valence-electron chi connectivity index (χ2n) is 2.89. The highest BCUT2D eigenvalue weighted by Gasteiger charge is 2.05. The number of hydrogen-bond acceptors (Lipinski definition) is 3. The van der Waals surface area contributed by atoms with E-state index in [0.29, 0.717) is 5.75 Å². The van der Waals surface area contributed by atoms with Crippen molar-refractivity contribution >= 4 is 10.9 Å². The molecular formula is C9H10N2O2. The standard InChI is InChI=1S/C9H10N2O2/c1-11-5-6-3-9(13-2)8(12)4-7(6)10-11/h3-5,12H,1-2H3. The van der Waals surface area contributed by atoms with Crippen LogP contribution in [0.1, 0.15) is 0 Å². The molecule has 13 heavy (non-hydrogen) atoms. The summed E-state index contributed by atoms with van der Waals surface area (Å²) < 4.78 is 6.67. The summed E-state index contributed by atoms with van der Waals surface area (Å²) >= 11 is 0. The van der Waals surface area contributed by atoms with Gasteiger partial charge in [-0.15, -0.1) is 0 Å². The normalized spacial score (nSPS) is 10.6. The molecule has 1 heterocycles. The Hall–Kier alpha value is -1.71. The Morgan fingerprint density at radius 2 is 2.23 bits per heavy atom. The van der Waals surface area contributed by atoms with E-state index in [9.17, 15) is 5.11 Å². The van der Waals surface area contributed by atoms with Gasteiger partial charge in [0.2, 0.25) is 0 Å². The van der Waals surface area contributed by atoms with Gasteiger partial charge in [0.15, 0.2) is 11.5 Å². The molecule has 0 aliphatic rings. The van der Waals surface area contributed by atoms with E-state index in [1.807, 2.05) is 13.2 Å². The third kappa shape index (κ3) is 1.20. The zero-order valence-electron chi connectivity index (χ0n) is 7.48. The molecule has 1 N–H and O–H groups in total. The summed E-state index contributed by atoms with van der Waals surface area (Å²) in [5, 5.41) is 14.5. The number of phenolic OH excluding ortho intramolecular Hbond substituents is 1. The molecule has 0 saturated heterocycles. The molecule has 4 nitrogen and oxygen atoms in total. The maximum Gasteiger partial charge on any atom is 0.161 e. The van der Waals surface area contributed by atoms with Gasteiger partial charge in [-0.25, -0.2) is 0 Å². The molecule has 0 bridgehead atoms. The molecule has 0 unspecified atom stereocenters. The maximum absolute atomic E-state index is 9.44. The summed E-state index contributed by atoms with van der Waals surface area (Å²) in [5.41, 5.74) is 0.765. The Morgan fingerprint density at radius 3 is 2.92 bits per heavy atom. The van der Waals surface area contributed by atoms with Gasteiger partial charge in [-0.2, -0.15) is 5.10 Å². The number of phenols is 1. The zero-order valence-corrected chi connectivity index (χ0v) is 7.48. The van der Waals surface area contributed by atoms with E-state index in [1.165, 1.54) is 7.11 Å². The summed E-state index contributed by atoms with van der Waals surface area (Å²) in [6, 6.07) is 3.35. The van der Waals surface area contributed by atoms with E-state index < -0.39 is 0 Å². The molecule has 2 aromatic rings. The zero-order chi connectivity index (χ0) is 9.42. The number of hydrogen-bond donors (Lipinski definition) is 1. The van der Waals surface area contributed by atoms with Crippen LogP contribution >= 0.6 is 0 Å². The monoisotopic (exact) mass is 178 g/mol. The van der Waals surface area contributed by atoms with Crippen molar-refractivity contribution in [3.8, 4) is 11.5 Å². The van der Waals surface area contributed by atoms with E-state index in [2.05, 4.69) is 5.10 Å². The van der Waals surface area contributed by atoms with E-state index in [-0.39, 0.29) is 5.75 Å². The number of methoxy groups -OCH3 is 1. The first-order valence-electron chi connectivity index (χ1n) is 3.91. The van der Waals surface area contributed by atoms with Gasteiger partial charge in [0.25, 0.3) is 0 Å². The Bertz CT molecular complexity index is 448. The van der Waals surface area contributed by atoms with Crippen molar-refractivity contribution in [3.63, 3.8) is 0 Å². The minimum atomic E-state index is 0.119. The van der Waals surface area contributed by atoms with E-state index >= 15 is 0 Å². The van der Waals surface area contributed by atoms with Crippen molar-refractivity contribution in [3.05, 3.63) is 18.3 Å². The van der Waals surface area contributed by atoms with Crippen LogP contribution in [0, 0.1) is 0 Å². The average molecular weight is 178 g/mol. The van der Waals surface area contributed by atoms with E-state index in [4.69, 9.17) is 4.74 Å². The van der Waals surface area contributed by atoms with Crippen LogP contribution in [0.2, 0.25) is 0 Å². The summed E-state index contributed by atoms with van der Waals surface area (Å²) in [6.45, 7) is 0. The van der Waals surface area contributed by atoms with Crippen molar-refractivity contribution in [1.82, 2.24) is 9.78 Å². The van der Waals surface area contributed by atoms with Gasteiger partial charge in [0.1, 0.15) is 0 Å². The fourth-order valence-electron chi connectivity index (χ4n) is 1.33. The third-order valence-corrected chi connectivity index (χ3v) is 1.92. The number of aryl methyl sites for hydroxylation is 1. The van der Waals surface area contributed by atoms with Crippen molar-refractivity contribution in [2.24, 2.45) is 7.05 Å². The number of fused-ring (bicyclic) bond motifs is 1. The minimum Gasteiger partial charge on any atom is -0.504 e. The van der Waals surface area contributed by atoms with Crippen molar-refractivity contribution in [1.29, 1.82) is 0 Å².